The van der Waals surface area contributed by atoms with Crippen LogP contribution in [0.4, 0.5) is 16.2 Å². The van der Waals surface area contributed by atoms with Gasteiger partial charge in [-0.3, -0.25) is 4.79 Å². The molecule has 2 aromatic carbocycles. The van der Waals surface area contributed by atoms with Gasteiger partial charge < -0.3 is 16.0 Å². The highest BCUT2D eigenvalue weighted by Crippen LogP contribution is 2.14. The van der Waals surface area contributed by atoms with Gasteiger partial charge >= 0.3 is 6.03 Å². The van der Waals surface area contributed by atoms with Crippen LogP contribution in [0.2, 0.25) is 0 Å². The number of carbonyl (C=O) groups is 2. The van der Waals surface area contributed by atoms with Crippen LogP contribution in [0.5, 0.6) is 0 Å². The third-order valence-corrected chi connectivity index (χ3v) is 2.98. The van der Waals surface area contributed by atoms with Crippen molar-refractivity contribution in [2.75, 3.05) is 17.2 Å². The molecule has 0 aliphatic carbocycles. The number of anilines is 2. The molecule has 5 nitrogen and oxygen atoms in total. The summed E-state index contributed by atoms with van der Waals surface area (Å²) in [4.78, 5) is 22.8. The average Bonchev–Trinajstić information content (AvgIpc) is 2.48. The fourth-order valence-corrected chi connectivity index (χ4v) is 2.02. The number of nitrogens with one attached hydrogen (secondary N) is 3. The minimum Gasteiger partial charge on any atom is -0.338 e. The monoisotopic (exact) mass is 297 g/mol. The Labute approximate surface area is 129 Å². The van der Waals surface area contributed by atoms with Gasteiger partial charge in [0, 0.05) is 24.8 Å². The fourth-order valence-electron chi connectivity index (χ4n) is 2.02. The zero-order valence-corrected chi connectivity index (χ0v) is 12.4. The van der Waals surface area contributed by atoms with Crippen LogP contribution in [-0.2, 0) is 11.2 Å². The van der Waals surface area contributed by atoms with Crippen molar-refractivity contribution in [1.29, 1.82) is 0 Å². The molecule has 0 radical (unpaired) electrons. The molecule has 0 atom stereocenters. The Morgan fingerprint density at radius 2 is 1.59 bits per heavy atom. The number of hydrogen-bond acceptors (Lipinski definition) is 2. The highest BCUT2D eigenvalue weighted by Gasteiger charge is 2.03. The second-order valence-corrected chi connectivity index (χ2v) is 4.88. The van der Waals surface area contributed by atoms with Crippen LogP contribution in [0.15, 0.2) is 54.6 Å². The normalized spacial score (nSPS) is 9.86. The molecular weight excluding hydrogens is 278 g/mol. The minimum atomic E-state index is -0.268. The lowest BCUT2D eigenvalue weighted by Crippen LogP contribution is -2.30. The van der Waals surface area contributed by atoms with Gasteiger partial charge in [-0.2, -0.15) is 0 Å². The molecule has 2 aromatic rings. The Hall–Kier alpha value is -2.82. The van der Waals surface area contributed by atoms with Crippen LogP contribution in [0.3, 0.4) is 0 Å². The number of amides is 3. The number of hydrogen-bond donors (Lipinski definition) is 3. The molecule has 0 aliphatic heterocycles. The average molecular weight is 297 g/mol. The topological polar surface area (TPSA) is 70.2 Å². The smallest absolute Gasteiger partial charge is 0.319 e. The number of benzene rings is 2. The summed E-state index contributed by atoms with van der Waals surface area (Å²) >= 11 is 0. The largest absolute Gasteiger partial charge is 0.338 e. The van der Waals surface area contributed by atoms with E-state index >= 15 is 0 Å². The Bertz CT molecular complexity index is 641. The molecule has 3 amide bonds. The molecule has 0 spiro atoms. The maximum atomic E-state index is 11.8. The molecule has 22 heavy (non-hydrogen) atoms. The van der Waals surface area contributed by atoms with Crippen molar-refractivity contribution in [2.24, 2.45) is 0 Å². The van der Waals surface area contributed by atoms with Gasteiger partial charge in [0.2, 0.25) is 5.91 Å². The van der Waals surface area contributed by atoms with Crippen molar-refractivity contribution < 1.29 is 9.59 Å². The molecule has 0 aliphatic rings. The predicted octanol–water partition coefficient (Wildman–Crippen LogP) is 3.01. The third-order valence-electron chi connectivity index (χ3n) is 2.98. The maximum Gasteiger partial charge on any atom is 0.319 e. The minimum absolute atomic E-state index is 0.149. The van der Waals surface area contributed by atoms with E-state index in [-0.39, 0.29) is 11.9 Å². The van der Waals surface area contributed by atoms with E-state index in [1.54, 1.807) is 24.3 Å². The molecule has 0 fully saturated rings. The van der Waals surface area contributed by atoms with Crippen molar-refractivity contribution in [3.63, 3.8) is 0 Å². The van der Waals surface area contributed by atoms with Gasteiger partial charge in [-0.25, -0.2) is 4.79 Å². The maximum absolute atomic E-state index is 11.8. The Balaban J connectivity index is 1.80. The van der Waals surface area contributed by atoms with Crippen LogP contribution in [-0.4, -0.2) is 18.5 Å². The predicted molar refractivity (Wildman–Crippen MR) is 87.9 cm³/mol. The first kappa shape index (κ1) is 15.6. The van der Waals surface area contributed by atoms with Gasteiger partial charge in [0.15, 0.2) is 0 Å². The molecule has 0 unspecified atom stereocenters. The summed E-state index contributed by atoms with van der Waals surface area (Å²) < 4.78 is 0. The summed E-state index contributed by atoms with van der Waals surface area (Å²) in [5.74, 6) is -0.149. The van der Waals surface area contributed by atoms with E-state index in [2.05, 4.69) is 16.0 Å². The molecule has 0 heterocycles. The van der Waals surface area contributed by atoms with E-state index in [0.29, 0.717) is 17.9 Å². The third kappa shape index (κ3) is 5.28. The molecule has 2 rings (SSSR count). The first-order valence-corrected chi connectivity index (χ1v) is 7.10. The number of urea groups is 1. The van der Waals surface area contributed by atoms with Crippen LogP contribution in [0.1, 0.15) is 12.5 Å². The van der Waals surface area contributed by atoms with Crippen molar-refractivity contribution in [3.8, 4) is 0 Å². The molecule has 0 saturated carbocycles. The zero-order chi connectivity index (χ0) is 15.8. The van der Waals surface area contributed by atoms with Crippen LogP contribution >= 0.6 is 0 Å². The lowest BCUT2D eigenvalue weighted by molar-refractivity contribution is -0.114. The van der Waals surface area contributed by atoms with Gasteiger partial charge in [-0.15, -0.1) is 0 Å². The van der Waals surface area contributed by atoms with E-state index < -0.39 is 0 Å². The van der Waals surface area contributed by atoms with Gasteiger partial charge in [-0.1, -0.05) is 36.4 Å². The Morgan fingerprint density at radius 1 is 0.909 bits per heavy atom. The molecule has 0 bridgehead atoms. The van der Waals surface area contributed by atoms with Crippen LogP contribution in [0, 0.1) is 0 Å². The molecule has 114 valence electrons. The van der Waals surface area contributed by atoms with Crippen molar-refractivity contribution in [1.82, 2.24) is 5.32 Å². The Morgan fingerprint density at radius 3 is 2.27 bits per heavy atom. The standard InChI is InChI=1S/C17H19N3O2/c1-13(21)19-15-8-5-9-16(12-15)20-17(22)18-11-10-14-6-3-2-4-7-14/h2-9,12H,10-11H2,1H3,(H,19,21)(H2,18,20,22). The van der Waals surface area contributed by atoms with Gasteiger partial charge in [0.25, 0.3) is 0 Å². The van der Waals surface area contributed by atoms with Gasteiger partial charge in [0.05, 0.1) is 0 Å². The van der Waals surface area contributed by atoms with Crippen molar-refractivity contribution in [3.05, 3.63) is 60.2 Å². The van der Waals surface area contributed by atoms with E-state index in [9.17, 15) is 9.59 Å². The highest BCUT2D eigenvalue weighted by atomic mass is 16.2. The molecular formula is C17H19N3O2. The van der Waals surface area contributed by atoms with Gasteiger partial charge in [-0.05, 0) is 30.2 Å². The molecule has 3 N–H and O–H groups in total. The van der Waals surface area contributed by atoms with E-state index in [1.807, 2.05) is 30.3 Å². The molecule has 5 heteroatoms. The molecule has 0 saturated heterocycles. The quantitative estimate of drug-likeness (QED) is 0.794. The summed E-state index contributed by atoms with van der Waals surface area (Å²) in [7, 11) is 0. The van der Waals surface area contributed by atoms with Crippen molar-refractivity contribution in [2.45, 2.75) is 13.3 Å². The first-order chi connectivity index (χ1) is 10.6. The Kier molecular flexibility index (Phi) is 5.54. The van der Waals surface area contributed by atoms with Crippen LogP contribution in [0.25, 0.3) is 0 Å². The highest BCUT2D eigenvalue weighted by molar-refractivity contribution is 5.92. The van der Waals surface area contributed by atoms with Gasteiger partial charge in [0.1, 0.15) is 0 Å². The van der Waals surface area contributed by atoms with E-state index in [0.717, 1.165) is 6.42 Å². The number of carbonyl (C=O) groups excluding carboxylic acids is 2. The fraction of sp³-hybridized carbons (Fsp3) is 0.176. The summed E-state index contributed by atoms with van der Waals surface area (Å²) in [5, 5.41) is 8.22. The lowest BCUT2D eigenvalue weighted by atomic mass is 10.1. The SMILES string of the molecule is CC(=O)Nc1cccc(NC(=O)NCCc2ccccc2)c1. The first-order valence-electron chi connectivity index (χ1n) is 7.10. The van der Waals surface area contributed by atoms with E-state index in [4.69, 9.17) is 0 Å². The zero-order valence-electron chi connectivity index (χ0n) is 12.4. The summed E-state index contributed by atoms with van der Waals surface area (Å²) in [6.07, 6.45) is 0.778. The second-order valence-electron chi connectivity index (χ2n) is 4.88. The van der Waals surface area contributed by atoms with E-state index in [1.165, 1.54) is 12.5 Å². The van der Waals surface area contributed by atoms with Crippen molar-refractivity contribution >= 4 is 23.3 Å². The summed E-state index contributed by atoms with van der Waals surface area (Å²) in [5.41, 5.74) is 2.45. The second kappa shape index (κ2) is 7.83. The number of rotatable bonds is 5. The lowest BCUT2D eigenvalue weighted by Gasteiger charge is -2.09. The summed E-state index contributed by atoms with van der Waals surface area (Å²) in [6, 6.07) is 16.7. The summed E-state index contributed by atoms with van der Waals surface area (Å²) in [6.45, 7) is 2.00. The van der Waals surface area contributed by atoms with Crippen LogP contribution < -0.4 is 16.0 Å². The molecule has 0 aromatic heterocycles.